The molecule has 0 aliphatic heterocycles. The van der Waals surface area contributed by atoms with Crippen molar-refractivity contribution in [1.29, 1.82) is 0 Å². The number of carbonyl (C=O) groups is 1. The molecular formula is C13H9Br2NO4. The van der Waals surface area contributed by atoms with E-state index in [1.807, 2.05) is 0 Å². The Morgan fingerprint density at radius 2 is 2.10 bits per heavy atom. The summed E-state index contributed by atoms with van der Waals surface area (Å²) in [6.45, 7) is 0. The average molecular weight is 403 g/mol. The average Bonchev–Trinajstić information content (AvgIpc) is 2.41. The largest absolute Gasteiger partial charge is 0.493 e. The minimum absolute atomic E-state index is 0.000897. The van der Waals surface area contributed by atoms with Crippen LogP contribution in [-0.4, -0.2) is 23.2 Å². The van der Waals surface area contributed by atoms with Gasteiger partial charge in [-0.15, -0.1) is 0 Å². The lowest BCUT2D eigenvalue weighted by atomic mass is 10.2. The molecule has 2 aromatic rings. The van der Waals surface area contributed by atoms with Crippen LogP contribution in [0.2, 0.25) is 0 Å². The number of rotatable bonds is 4. The first-order chi connectivity index (χ1) is 9.52. The SMILES string of the molecule is COc1cccc(C(=O)O)c1Oc1ncc(Br)cc1Br. The van der Waals surface area contributed by atoms with E-state index >= 15 is 0 Å². The Kier molecular flexibility index (Phi) is 4.61. The molecule has 0 aliphatic carbocycles. The van der Waals surface area contributed by atoms with Gasteiger partial charge in [0.2, 0.25) is 5.88 Å². The van der Waals surface area contributed by atoms with Crippen LogP contribution in [0.3, 0.4) is 0 Å². The number of carboxylic acid groups (broad SMARTS) is 1. The second-order valence-electron chi connectivity index (χ2n) is 3.68. The van der Waals surface area contributed by atoms with Gasteiger partial charge in [-0.05, 0) is 50.1 Å². The van der Waals surface area contributed by atoms with Gasteiger partial charge in [0.25, 0.3) is 0 Å². The summed E-state index contributed by atoms with van der Waals surface area (Å²) < 4.78 is 12.1. The molecule has 1 aromatic heterocycles. The van der Waals surface area contributed by atoms with Crippen molar-refractivity contribution in [1.82, 2.24) is 4.98 Å². The summed E-state index contributed by atoms with van der Waals surface area (Å²) in [7, 11) is 1.44. The molecule has 1 aromatic carbocycles. The lowest BCUT2D eigenvalue weighted by Gasteiger charge is -2.13. The van der Waals surface area contributed by atoms with Crippen molar-refractivity contribution in [2.24, 2.45) is 0 Å². The van der Waals surface area contributed by atoms with Crippen LogP contribution in [0.1, 0.15) is 10.4 Å². The Morgan fingerprint density at radius 1 is 1.35 bits per heavy atom. The van der Waals surface area contributed by atoms with Crippen LogP contribution < -0.4 is 9.47 Å². The molecule has 1 N–H and O–H groups in total. The zero-order chi connectivity index (χ0) is 14.7. The maximum atomic E-state index is 11.2. The van der Waals surface area contributed by atoms with Crippen LogP contribution >= 0.6 is 31.9 Å². The van der Waals surface area contributed by atoms with Crippen LogP contribution in [0.5, 0.6) is 17.4 Å². The fourth-order valence-electron chi connectivity index (χ4n) is 1.52. The van der Waals surface area contributed by atoms with Crippen LogP contribution in [0.4, 0.5) is 0 Å². The van der Waals surface area contributed by atoms with Crippen LogP contribution in [-0.2, 0) is 0 Å². The molecule has 0 spiro atoms. The number of ether oxygens (including phenoxy) is 2. The number of halogens is 2. The third kappa shape index (κ3) is 3.10. The summed E-state index contributed by atoms with van der Waals surface area (Å²) in [5, 5.41) is 9.20. The van der Waals surface area contributed by atoms with Crippen molar-refractivity contribution in [2.45, 2.75) is 0 Å². The number of hydrogen-bond acceptors (Lipinski definition) is 4. The summed E-state index contributed by atoms with van der Waals surface area (Å²) >= 11 is 6.59. The Bertz CT molecular complexity index is 661. The standard InChI is InChI=1S/C13H9Br2NO4/c1-19-10-4-2-3-8(13(17)18)11(10)20-12-9(15)5-7(14)6-16-12/h2-6H,1H3,(H,17,18). The number of hydrogen-bond donors (Lipinski definition) is 1. The first-order valence-corrected chi connectivity index (χ1v) is 7.00. The van der Waals surface area contributed by atoms with E-state index in [0.717, 1.165) is 4.47 Å². The second-order valence-corrected chi connectivity index (χ2v) is 5.45. The number of aromatic carboxylic acids is 1. The highest BCUT2D eigenvalue weighted by Crippen LogP contribution is 2.37. The lowest BCUT2D eigenvalue weighted by Crippen LogP contribution is -2.02. The number of methoxy groups -OCH3 is 1. The lowest BCUT2D eigenvalue weighted by molar-refractivity contribution is 0.0693. The fourth-order valence-corrected chi connectivity index (χ4v) is 2.59. The van der Waals surface area contributed by atoms with E-state index in [1.165, 1.54) is 13.2 Å². The van der Waals surface area contributed by atoms with Crippen molar-refractivity contribution < 1.29 is 19.4 Å². The maximum absolute atomic E-state index is 11.2. The molecule has 0 radical (unpaired) electrons. The Labute approximate surface area is 131 Å². The Morgan fingerprint density at radius 3 is 2.70 bits per heavy atom. The molecule has 2 rings (SSSR count). The van der Waals surface area contributed by atoms with E-state index in [1.54, 1.807) is 24.4 Å². The summed E-state index contributed by atoms with van der Waals surface area (Å²) in [6.07, 6.45) is 1.55. The summed E-state index contributed by atoms with van der Waals surface area (Å²) in [4.78, 5) is 15.3. The monoisotopic (exact) mass is 401 g/mol. The summed E-state index contributed by atoms with van der Waals surface area (Å²) in [5.74, 6) is -0.424. The molecule has 0 unspecified atom stereocenters. The van der Waals surface area contributed by atoms with Crippen molar-refractivity contribution in [3.05, 3.63) is 45.0 Å². The maximum Gasteiger partial charge on any atom is 0.339 e. The zero-order valence-electron chi connectivity index (χ0n) is 10.3. The fraction of sp³-hybridized carbons (Fsp3) is 0.0769. The van der Waals surface area contributed by atoms with Crippen molar-refractivity contribution in [2.75, 3.05) is 7.11 Å². The van der Waals surface area contributed by atoms with Crippen LogP contribution in [0, 0.1) is 0 Å². The summed E-state index contributed by atoms with van der Waals surface area (Å²) in [5.41, 5.74) is 0.000897. The smallest absolute Gasteiger partial charge is 0.339 e. The predicted octanol–water partition coefficient (Wildman–Crippen LogP) is 4.11. The Balaban J connectivity index is 2.49. The number of pyridine rings is 1. The molecule has 7 heteroatoms. The van der Waals surface area contributed by atoms with E-state index in [2.05, 4.69) is 36.8 Å². The highest BCUT2D eigenvalue weighted by molar-refractivity contribution is 9.11. The van der Waals surface area contributed by atoms with Gasteiger partial charge in [0.1, 0.15) is 5.56 Å². The summed E-state index contributed by atoms with van der Waals surface area (Å²) in [6, 6.07) is 6.39. The molecule has 5 nitrogen and oxygen atoms in total. The molecule has 0 fully saturated rings. The number of nitrogens with zero attached hydrogens (tertiary/aromatic N) is 1. The van der Waals surface area contributed by atoms with Crippen LogP contribution in [0.25, 0.3) is 0 Å². The predicted molar refractivity (Wildman–Crippen MR) is 79.7 cm³/mol. The van der Waals surface area contributed by atoms with E-state index in [9.17, 15) is 9.90 Å². The normalized spacial score (nSPS) is 10.2. The van der Waals surface area contributed by atoms with E-state index < -0.39 is 5.97 Å². The van der Waals surface area contributed by atoms with Gasteiger partial charge in [-0.1, -0.05) is 6.07 Å². The van der Waals surface area contributed by atoms with Crippen LogP contribution in [0.15, 0.2) is 39.4 Å². The highest BCUT2D eigenvalue weighted by Gasteiger charge is 2.18. The van der Waals surface area contributed by atoms with Gasteiger partial charge in [0, 0.05) is 10.7 Å². The van der Waals surface area contributed by atoms with E-state index in [0.29, 0.717) is 10.2 Å². The molecule has 0 atom stereocenters. The second kappa shape index (κ2) is 6.23. The molecule has 1 heterocycles. The number of benzene rings is 1. The molecule has 0 saturated heterocycles. The minimum atomic E-state index is -1.10. The van der Waals surface area contributed by atoms with Gasteiger partial charge in [0.05, 0.1) is 11.6 Å². The molecule has 0 saturated carbocycles. The number of para-hydroxylation sites is 1. The number of carboxylic acids is 1. The third-order valence-corrected chi connectivity index (χ3v) is 3.40. The van der Waals surface area contributed by atoms with Gasteiger partial charge in [0.15, 0.2) is 11.5 Å². The molecule has 0 aliphatic rings. The van der Waals surface area contributed by atoms with Crippen molar-refractivity contribution in [3.8, 4) is 17.4 Å². The van der Waals surface area contributed by atoms with Gasteiger partial charge >= 0.3 is 5.97 Å². The topological polar surface area (TPSA) is 68.7 Å². The zero-order valence-corrected chi connectivity index (χ0v) is 13.4. The first kappa shape index (κ1) is 14.8. The van der Waals surface area contributed by atoms with Gasteiger partial charge in [-0.3, -0.25) is 0 Å². The Hall–Kier alpha value is -1.60. The van der Waals surface area contributed by atoms with Gasteiger partial charge in [-0.25, -0.2) is 9.78 Å². The molecule has 104 valence electrons. The minimum Gasteiger partial charge on any atom is -0.493 e. The molecule has 0 amide bonds. The quantitative estimate of drug-likeness (QED) is 0.833. The van der Waals surface area contributed by atoms with E-state index in [-0.39, 0.29) is 17.2 Å². The highest BCUT2D eigenvalue weighted by atomic mass is 79.9. The van der Waals surface area contributed by atoms with E-state index in [4.69, 9.17) is 9.47 Å². The van der Waals surface area contributed by atoms with Crippen molar-refractivity contribution >= 4 is 37.8 Å². The van der Waals surface area contributed by atoms with Gasteiger partial charge in [-0.2, -0.15) is 0 Å². The molecule has 0 bridgehead atoms. The van der Waals surface area contributed by atoms with Crippen molar-refractivity contribution in [3.63, 3.8) is 0 Å². The number of aromatic nitrogens is 1. The molecular weight excluding hydrogens is 394 g/mol. The third-order valence-electron chi connectivity index (χ3n) is 2.40. The molecule has 20 heavy (non-hydrogen) atoms. The first-order valence-electron chi connectivity index (χ1n) is 5.42. The van der Waals surface area contributed by atoms with Gasteiger partial charge < -0.3 is 14.6 Å².